The lowest BCUT2D eigenvalue weighted by molar-refractivity contribution is -0.142. The molecule has 0 fully saturated rings. The Morgan fingerprint density at radius 2 is 1.81 bits per heavy atom. The number of phenols is 1. The van der Waals surface area contributed by atoms with Gasteiger partial charge in [-0.1, -0.05) is 38.5 Å². The lowest BCUT2D eigenvalue weighted by Crippen LogP contribution is -2.52. The normalized spacial score (nSPS) is 13.1. The first kappa shape index (κ1) is 27.3. The zero-order valence-electron chi connectivity index (χ0n) is 20.4. The molecule has 8 heteroatoms. The second-order valence-electron chi connectivity index (χ2n) is 8.96. The molecule has 0 aromatic heterocycles. The number of aryl methyl sites for hydroxylation is 1. The van der Waals surface area contributed by atoms with Gasteiger partial charge in [0.15, 0.2) is 0 Å². The fourth-order valence-corrected chi connectivity index (χ4v) is 3.24. The van der Waals surface area contributed by atoms with E-state index in [0.717, 1.165) is 12.8 Å². The first-order valence-electron chi connectivity index (χ1n) is 11.3. The molecule has 8 nitrogen and oxygen atoms in total. The van der Waals surface area contributed by atoms with Gasteiger partial charge in [-0.3, -0.25) is 9.59 Å². The first-order valence-corrected chi connectivity index (χ1v) is 11.3. The highest BCUT2D eigenvalue weighted by Gasteiger charge is 2.35. The smallest absolute Gasteiger partial charge is 0.408 e. The highest BCUT2D eigenvalue weighted by atomic mass is 16.6. The van der Waals surface area contributed by atoms with Crippen molar-refractivity contribution in [3.8, 4) is 5.75 Å². The van der Waals surface area contributed by atoms with Gasteiger partial charge in [0.05, 0.1) is 0 Å². The number of aromatic hydroxyl groups is 1. The van der Waals surface area contributed by atoms with Gasteiger partial charge >= 0.3 is 6.09 Å². The molecule has 3 N–H and O–H groups in total. The number of ether oxygens (including phenoxy) is 1. The zero-order chi connectivity index (χ0) is 24.5. The van der Waals surface area contributed by atoms with Crippen LogP contribution in [0.25, 0.3) is 0 Å². The molecule has 3 amide bonds. The van der Waals surface area contributed by atoms with Gasteiger partial charge in [-0.25, -0.2) is 4.79 Å². The summed E-state index contributed by atoms with van der Waals surface area (Å²) in [6.45, 7) is 13.2. The van der Waals surface area contributed by atoms with Gasteiger partial charge in [0, 0.05) is 18.7 Å². The summed E-state index contributed by atoms with van der Waals surface area (Å²) in [6.07, 6.45) is 1.60. The molecule has 32 heavy (non-hydrogen) atoms. The van der Waals surface area contributed by atoms with Crippen LogP contribution in [0.5, 0.6) is 5.75 Å². The SMILES string of the molecule is CCCCNC(=O)C(c1cccc(C)c1O)N(CCC)C(=O)C(C)NC(=O)OC(C)(C)C. The number of hydrogen-bond donors (Lipinski definition) is 3. The van der Waals surface area contributed by atoms with E-state index in [2.05, 4.69) is 10.6 Å². The lowest BCUT2D eigenvalue weighted by atomic mass is 9.99. The molecule has 180 valence electrons. The topological polar surface area (TPSA) is 108 Å². The molecule has 0 aliphatic carbocycles. The van der Waals surface area contributed by atoms with E-state index in [0.29, 0.717) is 24.1 Å². The quantitative estimate of drug-likeness (QED) is 0.471. The van der Waals surface area contributed by atoms with Crippen molar-refractivity contribution in [1.29, 1.82) is 0 Å². The van der Waals surface area contributed by atoms with Crippen LogP contribution < -0.4 is 10.6 Å². The van der Waals surface area contributed by atoms with Crippen molar-refractivity contribution in [3.05, 3.63) is 29.3 Å². The fourth-order valence-electron chi connectivity index (χ4n) is 3.24. The van der Waals surface area contributed by atoms with Crippen molar-refractivity contribution in [2.24, 2.45) is 0 Å². The molecule has 0 saturated carbocycles. The summed E-state index contributed by atoms with van der Waals surface area (Å²) in [7, 11) is 0. The summed E-state index contributed by atoms with van der Waals surface area (Å²) in [5.74, 6) is -0.829. The maximum absolute atomic E-state index is 13.4. The molecule has 2 unspecified atom stereocenters. The molecule has 1 rings (SSSR count). The Hall–Kier alpha value is -2.77. The summed E-state index contributed by atoms with van der Waals surface area (Å²) in [4.78, 5) is 40.2. The number of amides is 3. The van der Waals surface area contributed by atoms with E-state index in [9.17, 15) is 19.5 Å². The summed E-state index contributed by atoms with van der Waals surface area (Å²) in [5.41, 5.74) is 0.258. The molecular formula is C24H39N3O5. The molecule has 0 spiro atoms. The predicted molar refractivity (Wildman–Crippen MR) is 124 cm³/mol. The molecule has 1 aromatic carbocycles. The number of hydrogen-bond acceptors (Lipinski definition) is 5. The standard InChI is InChI=1S/C24H39N3O5/c1-8-10-14-25-21(29)19(18-13-11-12-16(3)20(18)28)27(15-9-2)22(30)17(4)26-23(31)32-24(5,6)7/h11-13,17,19,28H,8-10,14-15H2,1-7H3,(H,25,29)(H,26,31). The number of nitrogens with zero attached hydrogens (tertiary/aromatic N) is 1. The average Bonchev–Trinajstić information content (AvgIpc) is 2.68. The number of carbonyl (C=O) groups is 3. The summed E-state index contributed by atoms with van der Waals surface area (Å²) in [6, 6.07) is 3.18. The van der Waals surface area contributed by atoms with Gasteiger partial charge in [0.2, 0.25) is 11.8 Å². The molecule has 0 aliphatic rings. The Morgan fingerprint density at radius 1 is 1.16 bits per heavy atom. The molecule has 0 saturated heterocycles. The molecule has 0 heterocycles. The zero-order valence-corrected chi connectivity index (χ0v) is 20.4. The summed E-state index contributed by atoms with van der Waals surface area (Å²) in [5, 5.41) is 16.1. The molecule has 0 bridgehead atoms. The second-order valence-corrected chi connectivity index (χ2v) is 8.96. The van der Waals surface area contributed by atoms with Crippen LogP contribution in [-0.4, -0.2) is 52.6 Å². The minimum atomic E-state index is -1.03. The minimum absolute atomic E-state index is 0.0233. The molecule has 0 radical (unpaired) electrons. The predicted octanol–water partition coefficient (Wildman–Crippen LogP) is 3.81. The van der Waals surface area contributed by atoms with E-state index in [-0.39, 0.29) is 18.2 Å². The Labute approximate surface area is 191 Å². The highest BCUT2D eigenvalue weighted by Crippen LogP contribution is 2.32. The van der Waals surface area contributed by atoms with Gasteiger partial charge in [0.25, 0.3) is 0 Å². The average molecular weight is 450 g/mol. The summed E-state index contributed by atoms with van der Waals surface area (Å²) < 4.78 is 5.25. The number of rotatable bonds is 10. The molecular weight excluding hydrogens is 410 g/mol. The van der Waals surface area contributed by atoms with Gasteiger partial charge in [-0.15, -0.1) is 0 Å². The summed E-state index contributed by atoms with van der Waals surface area (Å²) >= 11 is 0. The van der Waals surface area contributed by atoms with E-state index in [1.54, 1.807) is 52.8 Å². The van der Waals surface area contributed by atoms with E-state index in [4.69, 9.17) is 4.74 Å². The molecule has 2 atom stereocenters. The van der Waals surface area contributed by atoms with Crippen LogP contribution in [0, 0.1) is 6.92 Å². The van der Waals surface area contributed by atoms with Crippen LogP contribution in [0.1, 0.15) is 78.0 Å². The number of phenolic OH excluding ortho intramolecular Hbond substituents is 1. The number of unbranched alkanes of at least 4 members (excludes halogenated alkanes) is 1. The number of benzene rings is 1. The van der Waals surface area contributed by atoms with Crippen molar-refractivity contribution >= 4 is 17.9 Å². The largest absolute Gasteiger partial charge is 0.507 e. The van der Waals surface area contributed by atoms with E-state index in [1.807, 2.05) is 13.8 Å². The third-order valence-corrected chi connectivity index (χ3v) is 4.80. The molecule has 0 aliphatic heterocycles. The van der Waals surface area contributed by atoms with E-state index >= 15 is 0 Å². The van der Waals surface area contributed by atoms with Crippen LogP contribution in [0.15, 0.2) is 18.2 Å². The van der Waals surface area contributed by atoms with Crippen LogP contribution in [-0.2, 0) is 14.3 Å². The van der Waals surface area contributed by atoms with Crippen molar-refractivity contribution in [3.63, 3.8) is 0 Å². The number of carbonyl (C=O) groups excluding carboxylic acids is 3. The van der Waals surface area contributed by atoms with Crippen LogP contribution in [0.2, 0.25) is 0 Å². The van der Waals surface area contributed by atoms with Gasteiger partial charge < -0.3 is 25.4 Å². The highest BCUT2D eigenvalue weighted by molar-refractivity contribution is 5.92. The van der Waals surface area contributed by atoms with Crippen LogP contribution in [0.4, 0.5) is 4.79 Å². The van der Waals surface area contributed by atoms with Crippen LogP contribution >= 0.6 is 0 Å². The Morgan fingerprint density at radius 3 is 2.38 bits per heavy atom. The van der Waals surface area contributed by atoms with Crippen molar-refractivity contribution < 1.29 is 24.2 Å². The fraction of sp³-hybridized carbons (Fsp3) is 0.625. The van der Waals surface area contributed by atoms with Crippen molar-refractivity contribution in [2.45, 2.75) is 85.4 Å². The third-order valence-electron chi connectivity index (χ3n) is 4.80. The maximum atomic E-state index is 13.4. The van der Waals surface area contributed by atoms with Crippen LogP contribution in [0.3, 0.4) is 0 Å². The Kier molecular flexibility index (Phi) is 10.5. The van der Waals surface area contributed by atoms with Gasteiger partial charge in [-0.05, 0) is 53.0 Å². The second kappa shape index (κ2) is 12.3. The molecule has 1 aromatic rings. The Bertz CT molecular complexity index is 788. The number of para-hydroxylation sites is 1. The number of alkyl carbamates (subject to hydrolysis) is 1. The van der Waals surface area contributed by atoms with Gasteiger partial charge in [0.1, 0.15) is 23.4 Å². The van der Waals surface area contributed by atoms with Crippen molar-refractivity contribution in [2.75, 3.05) is 13.1 Å². The lowest BCUT2D eigenvalue weighted by Gasteiger charge is -2.34. The third kappa shape index (κ3) is 8.05. The number of nitrogens with one attached hydrogen (secondary N) is 2. The first-order chi connectivity index (χ1) is 14.9. The van der Waals surface area contributed by atoms with Gasteiger partial charge in [-0.2, -0.15) is 0 Å². The minimum Gasteiger partial charge on any atom is -0.507 e. The van der Waals surface area contributed by atoms with Crippen molar-refractivity contribution in [1.82, 2.24) is 15.5 Å². The van der Waals surface area contributed by atoms with E-state index < -0.39 is 29.7 Å². The van der Waals surface area contributed by atoms with E-state index in [1.165, 1.54) is 4.90 Å². The monoisotopic (exact) mass is 449 g/mol. The Balaban J connectivity index is 3.28. The maximum Gasteiger partial charge on any atom is 0.408 e.